The van der Waals surface area contributed by atoms with Gasteiger partial charge in [-0.25, -0.2) is 0 Å². The van der Waals surface area contributed by atoms with Gasteiger partial charge in [-0.15, -0.1) is 0 Å². The number of carboxylic acid groups (broad SMARTS) is 1. The molecule has 1 aliphatic carbocycles. The van der Waals surface area contributed by atoms with Gasteiger partial charge in [0.1, 0.15) is 0 Å². The summed E-state index contributed by atoms with van der Waals surface area (Å²) in [6, 6.07) is -0.208. The highest BCUT2D eigenvalue weighted by Gasteiger charge is 2.45. The average molecular weight is 282 g/mol. The summed E-state index contributed by atoms with van der Waals surface area (Å²) < 4.78 is 0. The highest BCUT2D eigenvalue weighted by molar-refractivity contribution is 5.80. The number of aliphatic carboxylic acids is 1. The van der Waals surface area contributed by atoms with Crippen LogP contribution < -0.4 is 10.6 Å². The van der Waals surface area contributed by atoms with Crippen molar-refractivity contribution >= 4 is 11.9 Å². The monoisotopic (exact) mass is 282 g/mol. The van der Waals surface area contributed by atoms with Gasteiger partial charge in [-0.3, -0.25) is 9.59 Å². The first-order valence-corrected chi connectivity index (χ1v) is 7.76. The van der Waals surface area contributed by atoms with Crippen LogP contribution >= 0.6 is 0 Å². The number of carbonyl (C=O) groups is 2. The fourth-order valence-corrected chi connectivity index (χ4v) is 3.43. The minimum absolute atomic E-state index is 0.0166. The minimum Gasteiger partial charge on any atom is -0.481 e. The Labute approximate surface area is 120 Å². The maximum atomic E-state index is 12.0. The van der Waals surface area contributed by atoms with Crippen molar-refractivity contribution in [3.05, 3.63) is 0 Å². The van der Waals surface area contributed by atoms with Crippen LogP contribution in [0.3, 0.4) is 0 Å². The summed E-state index contributed by atoms with van der Waals surface area (Å²) in [7, 11) is 0. The molecule has 0 spiro atoms. The van der Waals surface area contributed by atoms with Gasteiger partial charge in [0, 0.05) is 12.5 Å². The third-order valence-corrected chi connectivity index (χ3v) is 5.02. The molecule has 0 radical (unpaired) electrons. The average Bonchev–Trinajstić information content (AvgIpc) is 2.80. The van der Waals surface area contributed by atoms with Crippen molar-refractivity contribution in [2.45, 2.75) is 57.9 Å². The summed E-state index contributed by atoms with van der Waals surface area (Å²) in [6.07, 6.45) is 6.04. The van der Waals surface area contributed by atoms with Gasteiger partial charge in [0.25, 0.3) is 0 Å². The first kappa shape index (κ1) is 15.3. The predicted octanol–water partition coefficient (Wildman–Crippen LogP) is 1.53. The smallest absolute Gasteiger partial charge is 0.311 e. The van der Waals surface area contributed by atoms with Gasteiger partial charge in [0.2, 0.25) is 5.91 Å². The van der Waals surface area contributed by atoms with Crippen molar-refractivity contribution in [3.63, 3.8) is 0 Å². The normalized spacial score (nSPS) is 31.1. The maximum Gasteiger partial charge on any atom is 0.311 e. The van der Waals surface area contributed by atoms with Crippen molar-refractivity contribution in [2.24, 2.45) is 11.3 Å². The second-order valence-electron chi connectivity index (χ2n) is 6.47. The van der Waals surface area contributed by atoms with Crippen LogP contribution in [0.25, 0.3) is 0 Å². The summed E-state index contributed by atoms with van der Waals surface area (Å²) in [4.78, 5) is 23.4. The molecule has 1 aliphatic heterocycles. The molecule has 3 N–H and O–H groups in total. The Bertz CT molecular complexity index is 366. The predicted molar refractivity (Wildman–Crippen MR) is 76.4 cm³/mol. The Morgan fingerprint density at radius 1 is 1.30 bits per heavy atom. The molecule has 2 fully saturated rings. The number of hydrogen-bond donors (Lipinski definition) is 3. The lowest BCUT2D eigenvalue weighted by Crippen LogP contribution is -2.47. The molecule has 0 bridgehead atoms. The highest BCUT2D eigenvalue weighted by Crippen LogP contribution is 2.38. The Kier molecular flexibility index (Phi) is 5.02. The van der Waals surface area contributed by atoms with Crippen LogP contribution in [-0.2, 0) is 9.59 Å². The third kappa shape index (κ3) is 3.51. The largest absolute Gasteiger partial charge is 0.481 e. The van der Waals surface area contributed by atoms with E-state index in [4.69, 9.17) is 0 Å². The molecule has 2 rings (SSSR count). The van der Waals surface area contributed by atoms with E-state index >= 15 is 0 Å². The van der Waals surface area contributed by atoms with E-state index in [9.17, 15) is 14.7 Å². The minimum atomic E-state index is -0.793. The van der Waals surface area contributed by atoms with E-state index in [2.05, 4.69) is 10.6 Å². The van der Waals surface area contributed by atoms with Crippen LogP contribution in [0.2, 0.25) is 0 Å². The van der Waals surface area contributed by atoms with Crippen molar-refractivity contribution in [3.8, 4) is 0 Å². The van der Waals surface area contributed by atoms with Crippen LogP contribution in [-0.4, -0.2) is 36.1 Å². The molecule has 0 aromatic heterocycles. The lowest BCUT2D eigenvalue weighted by Gasteiger charge is -2.28. The van der Waals surface area contributed by atoms with Crippen LogP contribution in [0.5, 0.6) is 0 Å². The van der Waals surface area contributed by atoms with Crippen LogP contribution in [0.1, 0.15) is 51.9 Å². The number of piperidine rings is 1. The molecule has 2 atom stereocenters. The van der Waals surface area contributed by atoms with Crippen molar-refractivity contribution < 1.29 is 14.7 Å². The van der Waals surface area contributed by atoms with Crippen LogP contribution in [0.15, 0.2) is 0 Å². The number of carboxylic acids is 1. The van der Waals surface area contributed by atoms with E-state index in [1.165, 1.54) is 0 Å². The van der Waals surface area contributed by atoms with E-state index in [0.29, 0.717) is 18.8 Å². The van der Waals surface area contributed by atoms with Gasteiger partial charge in [-0.2, -0.15) is 0 Å². The molecular weight excluding hydrogens is 256 g/mol. The molecule has 114 valence electrons. The second-order valence-corrected chi connectivity index (χ2v) is 6.47. The molecule has 0 aromatic rings. The van der Waals surface area contributed by atoms with Gasteiger partial charge in [0.05, 0.1) is 5.41 Å². The van der Waals surface area contributed by atoms with E-state index in [1.807, 2.05) is 0 Å². The van der Waals surface area contributed by atoms with E-state index in [1.54, 1.807) is 6.92 Å². The van der Waals surface area contributed by atoms with Gasteiger partial charge in [0.15, 0.2) is 0 Å². The maximum absolute atomic E-state index is 12.0. The Hall–Kier alpha value is -1.10. The molecule has 1 saturated heterocycles. The van der Waals surface area contributed by atoms with Gasteiger partial charge in [-0.05, 0) is 58.0 Å². The Morgan fingerprint density at radius 2 is 2.00 bits per heavy atom. The Balaban J connectivity index is 1.77. The number of hydrogen-bond acceptors (Lipinski definition) is 3. The molecule has 5 nitrogen and oxygen atoms in total. The number of rotatable bonds is 5. The molecule has 2 aliphatic rings. The van der Waals surface area contributed by atoms with Crippen molar-refractivity contribution in [1.29, 1.82) is 0 Å². The molecule has 1 amide bonds. The molecular formula is C15H26N2O3. The van der Waals surface area contributed by atoms with Crippen molar-refractivity contribution in [1.82, 2.24) is 10.6 Å². The Morgan fingerprint density at radius 3 is 2.65 bits per heavy atom. The van der Waals surface area contributed by atoms with Crippen LogP contribution in [0.4, 0.5) is 0 Å². The second kappa shape index (κ2) is 6.57. The summed E-state index contributed by atoms with van der Waals surface area (Å²) in [6.45, 7) is 3.85. The summed E-state index contributed by atoms with van der Waals surface area (Å²) >= 11 is 0. The zero-order valence-electron chi connectivity index (χ0n) is 12.3. The first-order chi connectivity index (χ1) is 9.52. The third-order valence-electron chi connectivity index (χ3n) is 5.02. The highest BCUT2D eigenvalue weighted by atomic mass is 16.4. The standard InChI is InChI=1S/C15H26N2O3/c1-15(14(19)20)8-2-3-12(15)17-13(18)5-4-11-6-9-16-10-7-11/h11-12,16H,2-10H2,1H3,(H,17,18)(H,19,20). The zero-order chi connectivity index (χ0) is 14.6. The molecule has 20 heavy (non-hydrogen) atoms. The SMILES string of the molecule is CC1(C(=O)O)CCCC1NC(=O)CCC1CCNCC1. The number of carbonyl (C=O) groups excluding carboxylic acids is 1. The zero-order valence-corrected chi connectivity index (χ0v) is 12.3. The summed E-state index contributed by atoms with van der Waals surface area (Å²) in [5.74, 6) is -0.141. The molecule has 2 unspecified atom stereocenters. The van der Waals surface area contributed by atoms with Gasteiger partial charge >= 0.3 is 5.97 Å². The van der Waals surface area contributed by atoms with Crippen molar-refractivity contribution in [2.75, 3.05) is 13.1 Å². The molecule has 1 saturated carbocycles. The fourth-order valence-electron chi connectivity index (χ4n) is 3.43. The fraction of sp³-hybridized carbons (Fsp3) is 0.867. The quantitative estimate of drug-likeness (QED) is 0.714. The lowest BCUT2D eigenvalue weighted by atomic mass is 9.84. The van der Waals surface area contributed by atoms with E-state index < -0.39 is 11.4 Å². The summed E-state index contributed by atoms with van der Waals surface area (Å²) in [5.41, 5.74) is -0.787. The van der Waals surface area contributed by atoms with E-state index in [-0.39, 0.29) is 11.9 Å². The lowest BCUT2D eigenvalue weighted by molar-refractivity contribution is -0.149. The van der Waals surface area contributed by atoms with Gasteiger partial charge in [-0.1, -0.05) is 6.42 Å². The molecule has 0 aromatic carbocycles. The number of nitrogens with one attached hydrogen (secondary N) is 2. The summed E-state index contributed by atoms with van der Waals surface area (Å²) in [5, 5.41) is 15.6. The van der Waals surface area contributed by atoms with Crippen LogP contribution in [0, 0.1) is 11.3 Å². The first-order valence-electron chi connectivity index (χ1n) is 7.76. The topological polar surface area (TPSA) is 78.4 Å². The number of amides is 1. The van der Waals surface area contributed by atoms with Gasteiger partial charge < -0.3 is 15.7 Å². The van der Waals surface area contributed by atoms with E-state index in [0.717, 1.165) is 45.2 Å². The molecule has 1 heterocycles. The molecule has 5 heteroatoms.